The van der Waals surface area contributed by atoms with Crippen LogP contribution in [0.25, 0.3) is 0 Å². The van der Waals surface area contributed by atoms with Crippen LogP contribution in [0.2, 0.25) is 0 Å². The number of carbonyl (C=O) groups excluding carboxylic acids is 2. The summed E-state index contributed by atoms with van der Waals surface area (Å²) in [5.74, 6) is -0.574. The first-order chi connectivity index (χ1) is 10.5. The molecule has 7 heteroatoms. The Kier molecular flexibility index (Phi) is 8.09. The van der Waals surface area contributed by atoms with Gasteiger partial charge in [0.15, 0.2) is 0 Å². The number of pyridine rings is 1. The summed E-state index contributed by atoms with van der Waals surface area (Å²) < 4.78 is 4.91. The molecular formula is C15H24N4O3. The Morgan fingerprint density at radius 3 is 2.27 bits per heavy atom. The lowest BCUT2D eigenvalue weighted by atomic mass is 10.2. The molecule has 2 amide bonds. The van der Waals surface area contributed by atoms with Crippen LogP contribution >= 0.6 is 0 Å². The average Bonchev–Trinajstić information content (AvgIpc) is 2.51. The van der Waals surface area contributed by atoms with Crippen LogP contribution in [-0.2, 0) is 4.74 Å². The van der Waals surface area contributed by atoms with E-state index in [0.29, 0.717) is 19.7 Å². The molecule has 0 fully saturated rings. The van der Waals surface area contributed by atoms with Gasteiger partial charge in [0.1, 0.15) is 11.4 Å². The van der Waals surface area contributed by atoms with E-state index in [1.807, 2.05) is 19.0 Å². The van der Waals surface area contributed by atoms with Crippen LogP contribution in [0.15, 0.2) is 18.2 Å². The number of likely N-dealkylation sites (N-methyl/N-ethyl adjacent to an activating group) is 1. The number of amides is 2. The maximum Gasteiger partial charge on any atom is 0.269 e. The fourth-order valence-electron chi connectivity index (χ4n) is 1.68. The minimum atomic E-state index is -0.293. The molecule has 0 atom stereocenters. The van der Waals surface area contributed by atoms with Gasteiger partial charge in [-0.1, -0.05) is 6.07 Å². The molecule has 1 heterocycles. The quantitative estimate of drug-likeness (QED) is 0.634. The van der Waals surface area contributed by atoms with Crippen molar-refractivity contribution >= 4 is 11.8 Å². The third-order valence-corrected chi connectivity index (χ3v) is 2.87. The van der Waals surface area contributed by atoms with Gasteiger partial charge < -0.3 is 20.3 Å². The molecule has 0 saturated heterocycles. The summed E-state index contributed by atoms with van der Waals surface area (Å²) in [6, 6.07) is 4.83. The summed E-state index contributed by atoms with van der Waals surface area (Å²) in [5.41, 5.74) is 0.473. The molecule has 122 valence electrons. The van der Waals surface area contributed by atoms with E-state index >= 15 is 0 Å². The van der Waals surface area contributed by atoms with Crippen LogP contribution in [0.1, 0.15) is 27.4 Å². The lowest BCUT2D eigenvalue weighted by Gasteiger charge is -2.10. The Balaban J connectivity index is 2.53. The normalized spacial score (nSPS) is 10.5. The van der Waals surface area contributed by atoms with Crippen LogP contribution in [-0.4, -0.2) is 69.1 Å². The molecule has 1 rings (SSSR count). The van der Waals surface area contributed by atoms with Gasteiger partial charge in [-0.3, -0.25) is 9.59 Å². The van der Waals surface area contributed by atoms with Crippen LogP contribution in [0, 0.1) is 0 Å². The van der Waals surface area contributed by atoms with Gasteiger partial charge in [0.2, 0.25) is 0 Å². The molecule has 0 aromatic carbocycles. The summed E-state index contributed by atoms with van der Waals surface area (Å²) in [6.45, 7) is 2.36. The maximum atomic E-state index is 12.0. The summed E-state index contributed by atoms with van der Waals surface area (Å²) in [7, 11) is 5.47. The van der Waals surface area contributed by atoms with Crippen molar-refractivity contribution in [3.05, 3.63) is 29.6 Å². The highest BCUT2D eigenvalue weighted by Gasteiger charge is 2.11. The topological polar surface area (TPSA) is 83.6 Å². The number of ether oxygens (including phenoxy) is 1. The molecule has 0 aliphatic carbocycles. The number of carbonyl (C=O) groups is 2. The monoisotopic (exact) mass is 308 g/mol. The van der Waals surface area contributed by atoms with Crippen LogP contribution in [0.5, 0.6) is 0 Å². The lowest BCUT2D eigenvalue weighted by Crippen LogP contribution is -2.32. The Morgan fingerprint density at radius 1 is 1.14 bits per heavy atom. The van der Waals surface area contributed by atoms with E-state index in [-0.39, 0.29) is 23.2 Å². The number of hydrogen-bond acceptors (Lipinski definition) is 5. The summed E-state index contributed by atoms with van der Waals surface area (Å²) in [4.78, 5) is 30.0. The second kappa shape index (κ2) is 9.86. The number of hydrogen-bond donors (Lipinski definition) is 2. The highest BCUT2D eigenvalue weighted by Crippen LogP contribution is 2.00. The fraction of sp³-hybridized carbons (Fsp3) is 0.533. The minimum absolute atomic E-state index is 0.234. The number of nitrogens with zero attached hydrogens (tertiary/aromatic N) is 2. The van der Waals surface area contributed by atoms with Crippen LogP contribution in [0.4, 0.5) is 0 Å². The molecule has 0 unspecified atom stereocenters. The fourth-order valence-corrected chi connectivity index (χ4v) is 1.68. The molecule has 7 nitrogen and oxygen atoms in total. The van der Waals surface area contributed by atoms with E-state index in [1.54, 1.807) is 25.3 Å². The number of nitrogens with one attached hydrogen (secondary N) is 2. The molecule has 1 aromatic rings. The Labute approximate surface area is 131 Å². The predicted molar refractivity (Wildman–Crippen MR) is 84.0 cm³/mol. The Morgan fingerprint density at radius 2 is 1.73 bits per heavy atom. The summed E-state index contributed by atoms with van der Waals surface area (Å²) >= 11 is 0. The van der Waals surface area contributed by atoms with Gasteiger partial charge in [0.05, 0.1) is 0 Å². The minimum Gasteiger partial charge on any atom is -0.385 e. The van der Waals surface area contributed by atoms with Gasteiger partial charge in [-0.25, -0.2) is 4.98 Å². The van der Waals surface area contributed by atoms with Crippen molar-refractivity contribution in [1.29, 1.82) is 0 Å². The van der Waals surface area contributed by atoms with E-state index in [0.717, 1.165) is 13.0 Å². The molecule has 0 aliphatic heterocycles. The van der Waals surface area contributed by atoms with Crippen molar-refractivity contribution in [1.82, 2.24) is 20.5 Å². The van der Waals surface area contributed by atoms with Gasteiger partial charge >= 0.3 is 0 Å². The van der Waals surface area contributed by atoms with Crippen LogP contribution < -0.4 is 10.6 Å². The van der Waals surface area contributed by atoms with Crippen LogP contribution in [0.3, 0.4) is 0 Å². The SMILES string of the molecule is COCCCNC(=O)c1cccc(C(=O)NCCN(C)C)n1. The smallest absolute Gasteiger partial charge is 0.269 e. The molecular weight excluding hydrogens is 284 g/mol. The Bertz CT molecular complexity index is 491. The molecule has 0 radical (unpaired) electrons. The predicted octanol–water partition coefficient (Wildman–Crippen LogP) is 0.139. The van der Waals surface area contributed by atoms with Gasteiger partial charge in [0, 0.05) is 33.4 Å². The molecule has 0 aliphatic rings. The summed E-state index contributed by atoms with van der Waals surface area (Å²) in [6.07, 6.45) is 0.729. The van der Waals surface area contributed by atoms with Gasteiger partial charge in [-0.05, 0) is 32.6 Å². The largest absolute Gasteiger partial charge is 0.385 e. The number of methoxy groups -OCH3 is 1. The van der Waals surface area contributed by atoms with Crippen molar-refractivity contribution in [2.24, 2.45) is 0 Å². The highest BCUT2D eigenvalue weighted by atomic mass is 16.5. The van der Waals surface area contributed by atoms with Crippen molar-refractivity contribution < 1.29 is 14.3 Å². The average molecular weight is 308 g/mol. The molecule has 0 saturated carbocycles. The van der Waals surface area contributed by atoms with Crippen molar-refractivity contribution in [2.75, 3.05) is 47.4 Å². The van der Waals surface area contributed by atoms with E-state index in [9.17, 15) is 9.59 Å². The zero-order chi connectivity index (χ0) is 16.4. The second-order valence-corrected chi connectivity index (χ2v) is 5.07. The van der Waals surface area contributed by atoms with Crippen molar-refractivity contribution in [2.45, 2.75) is 6.42 Å². The van der Waals surface area contributed by atoms with E-state index in [1.165, 1.54) is 0 Å². The third kappa shape index (κ3) is 6.64. The summed E-state index contributed by atoms with van der Waals surface area (Å²) in [5, 5.41) is 5.50. The van der Waals surface area contributed by atoms with Gasteiger partial charge in [0.25, 0.3) is 11.8 Å². The highest BCUT2D eigenvalue weighted by molar-refractivity contribution is 5.96. The van der Waals surface area contributed by atoms with Gasteiger partial charge in [-0.2, -0.15) is 0 Å². The zero-order valence-corrected chi connectivity index (χ0v) is 13.4. The Hall–Kier alpha value is -1.99. The second-order valence-electron chi connectivity index (χ2n) is 5.07. The number of rotatable bonds is 9. The third-order valence-electron chi connectivity index (χ3n) is 2.87. The maximum absolute atomic E-state index is 12.0. The van der Waals surface area contributed by atoms with E-state index in [4.69, 9.17) is 4.74 Å². The molecule has 0 bridgehead atoms. The van der Waals surface area contributed by atoms with E-state index < -0.39 is 0 Å². The first-order valence-electron chi connectivity index (χ1n) is 7.21. The number of aromatic nitrogens is 1. The molecule has 0 spiro atoms. The van der Waals surface area contributed by atoms with E-state index in [2.05, 4.69) is 15.6 Å². The molecule has 1 aromatic heterocycles. The molecule has 22 heavy (non-hydrogen) atoms. The first kappa shape index (κ1) is 18.1. The first-order valence-corrected chi connectivity index (χ1v) is 7.21. The molecule has 2 N–H and O–H groups in total. The van der Waals surface area contributed by atoms with Gasteiger partial charge in [-0.15, -0.1) is 0 Å². The lowest BCUT2D eigenvalue weighted by molar-refractivity contribution is 0.0940. The van der Waals surface area contributed by atoms with Crippen molar-refractivity contribution in [3.63, 3.8) is 0 Å². The van der Waals surface area contributed by atoms with Crippen molar-refractivity contribution in [3.8, 4) is 0 Å². The zero-order valence-electron chi connectivity index (χ0n) is 13.4. The standard InChI is InChI=1S/C15H24N4O3/c1-19(2)10-9-17-15(21)13-7-4-6-12(18-13)14(20)16-8-5-11-22-3/h4,6-7H,5,8-11H2,1-3H3,(H,16,20)(H,17,21).